The van der Waals surface area contributed by atoms with Gasteiger partial charge in [-0.05, 0) is 30.2 Å². The molecule has 0 aliphatic carbocycles. The molecule has 2 N–H and O–H groups in total. The molecule has 1 aromatic heterocycles. The number of anilines is 1. The van der Waals surface area contributed by atoms with Crippen molar-refractivity contribution in [2.75, 3.05) is 12.3 Å². The summed E-state index contributed by atoms with van der Waals surface area (Å²) in [5.41, 5.74) is 5.50. The summed E-state index contributed by atoms with van der Waals surface area (Å²) < 4.78 is 65.4. The van der Waals surface area contributed by atoms with Crippen LogP contribution in [0.4, 0.5) is 19.1 Å². The van der Waals surface area contributed by atoms with Crippen LogP contribution >= 0.6 is 11.6 Å². The molecule has 1 aromatic carbocycles. The van der Waals surface area contributed by atoms with E-state index in [1.54, 1.807) is 0 Å². The summed E-state index contributed by atoms with van der Waals surface area (Å²) in [5.74, 6) is 0.00356. The lowest BCUT2D eigenvalue weighted by Crippen LogP contribution is -2.36. The molecule has 0 saturated heterocycles. The van der Waals surface area contributed by atoms with Crippen molar-refractivity contribution in [1.29, 1.82) is 0 Å². The highest BCUT2D eigenvalue weighted by Gasteiger charge is 2.36. The summed E-state index contributed by atoms with van der Waals surface area (Å²) in [6, 6.07) is 2.52. The zero-order chi connectivity index (χ0) is 18.4. The number of hydrogen-bond donors (Lipinski definition) is 1. The molecule has 1 aliphatic heterocycles. The van der Waals surface area contributed by atoms with E-state index >= 15 is 0 Å². The fourth-order valence-corrected chi connectivity index (χ4v) is 4.18. The minimum Gasteiger partial charge on any atom is -0.368 e. The van der Waals surface area contributed by atoms with Crippen molar-refractivity contribution < 1.29 is 21.6 Å². The molecule has 0 amide bonds. The van der Waals surface area contributed by atoms with Crippen LogP contribution < -0.4 is 5.73 Å². The van der Waals surface area contributed by atoms with Gasteiger partial charge in [0.05, 0.1) is 27.7 Å². The third kappa shape index (κ3) is 3.42. The Bertz CT molecular complexity index is 934. The van der Waals surface area contributed by atoms with Crippen LogP contribution in [-0.2, 0) is 29.2 Å². The van der Waals surface area contributed by atoms with Gasteiger partial charge in [-0.1, -0.05) is 11.6 Å². The molecule has 0 spiro atoms. The predicted molar refractivity (Wildman–Crippen MR) is 84.2 cm³/mol. The van der Waals surface area contributed by atoms with Gasteiger partial charge in [-0.2, -0.15) is 17.5 Å². The molecule has 25 heavy (non-hydrogen) atoms. The molecule has 2 heterocycles. The Morgan fingerprint density at radius 2 is 2.00 bits per heavy atom. The van der Waals surface area contributed by atoms with E-state index in [4.69, 9.17) is 17.3 Å². The van der Waals surface area contributed by atoms with Crippen LogP contribution in [0.2, 0.25) is 5.02 Å². The van der Waals surface area contributed by atoms with Crippen molar-refractivity contribution in [3.63, 3.8) is 0 Å². The van der Waals surface area contributed by atoms with E-state index in [-0.39, 0.29) is 19.0 Å². The standard InChI is InChI=1S/C14H12ClF3N4O2S/c15-11-2-1-9(5-10(11)14(16,17)18)25(23,24)22-4-3-8-6-20-13(19)21-12(8)7-22/h1-2,5-6H,3-4,7H2,(H2,19,20,21). The zero-order valence-electron chi connectivity index (χ0n) is 12.6. The normalized spacial score (nSPS) is 15.8. The Morgan fingerprint density at radius 1 is 1.28 bits per heavy atom. The van der Waals surface area contributed by atoms with Gasteiger partial charge in [0.1, 0.15) is 0 Å². The number of fused-ring (bicyclic) bond motifs is 1. The number of nitrogens with zero attached hydrogens (tertiary/aromatic N) is 3. The van der Waals surface area contributed by atoms with Crippen LogP contribution in [0.1, 0.15) is 16.8 Å². The SMILES string of the molecule is Nc1ncc2c(n1)CN(S(=O)(=O)c1ccc(Cl)c(C(F)(F)F)c1)CC2. The van der Waals surface area contributed by atoms with E-state index in [9.17, 15) is 21.6 Å². The fourth-order valence-electron chi connectivity index (χ4n) is 2.53. The zero-order valence-corrected chi connectivity index (χ0v) is 14.2. The minimum atomic E-state index is -4.75. The Morgan fingerprint density at radius 3 is 2.68 bits per heavy atom. The fraction of sp³-hybridized carbons (Fsp3) is 0.286. The smallest absolute Gasteiger partial charge is 0.368 e. The Hall–Kier alpha value is -1.91. The van der Waals surface area contributed by atoms with E-state index in [2.05, 4.69) is 9.97 Å². The molecule has 11 heteroatoms. The van der Waals surface area contributed by atoms with Crippen molar-refractivity contribution in [3.8, 4) is 0 Å². The van der Waals surface area contributed by atoms with E-state index in [1.165, 1.54) is 6.20 Å². The third-order valence-electron chi connectivity index (χ3n) is 3.81. The van der Waals surface area contributed by atoms with Gasteiger partial charge in [0.2, 0.25) is 16.0 Å². The average Bonchev–Trinajstić information content (AvgIpc) is 2.53. The molecule has 3 rings (SSSR count). The topological polar surface area (TPSA) is 89.2 Å². The monoisotopic (exact) mass is 392 g/mol. The summed E-state index contributed by atoms with van der Waals surface area (Å²) in [6.45, 7) is 0.0148. The van der Waals surface area contributed by atoms with Gasteiger partial charge in [0, 0.05) is 12.7 Å². The first-order valence-electron chi connectivity index (χ1n) is 7.06. The molecule has 6 nitrogen and oxygen atoms in total. The van der Waals surface area contributed by atoms with Crippen LogP contribution in [0, 0.1) is 0 Å². The number of nitrogens with two attached hydrogens (primary N) is 1. The van der Waals surface area contributed by atoms with Crippen molar-refractivity contribution in [3.05, 3.63) is 46.2 Å². The maximum Gasteiger partial charge on any atom is 0.417 e. The van der Waals surface area contributed by atoms with Crippen molar-refractivity contribution in [2.24, 2.45) is 0 Å². The molecular formula is C14H12ClF3N4O2S. The first kappa shape index (κ1) is 17.9. The summed E-state index contributed by atoms with van der Waals surface area (Å²) in [6.07, 6.45) is -2.89. The second kappa shape index (κ2) is 6.11. The third-order valence-corrected chi connectivity index (χ3v) is 5.98. The van der Waals surface area contributed by atoms with Gasteiger partial charge in [0.25, 0.3) is 0 Å². The number of benzene rings is 1. The highest BCUT2D eigenvalue weighted by Crippen LogP contribution is 2.36. The lowest BCUT2D eigenvalue weighted by atomic mass is 10.1. The number of nitrogen functional groups attached to an aromatic ring is 1. The molecule has 0 atom stereocenters. The number of rotatable bonds is 2. The van der Waals surface area contributed by atoms with Crippen molar-refractivity contribution >= 4 is 27.6 Å². The Labute approximate surface area is 146 Å². The minimum absolute atomic E-state index is 0.00356. The second-order valence-corrected chi connectivity index (χ2v) is 7.77. The van der Waals surface area contributed by atoms with E-state index in [1.807, 2.05) is 0 Å². The first-order valence-corrected chi connectivity index (χ1v) is 8.88. The number of sulfonamides is 1. The largest absolute Gasteiger partial charge is 0.417 e. The number of alkyl halides is 3. The lowest BCUT2D eigenvalue weighted by Gasteiger charge is -2.27. The first-order chi connectivity index (χ1) is 11.6. The molecule has 0 unspecified atom stereocenters. The van der Waals surface area contributed by atoms with Crippen LogP contribution in [0.25, 0.3) is 0 Å². The number of halogens is 4. The van der Waals surface area contributed by atoms with Crippen LogP contribution in [0.5, 0.6) is 0 Å². The maximum absolute atomic E-state index is 13.0. The van der Waals surface area contributed by atoms with E-state index in [0.717, 1.165) is 22.0 Å². The molecule has 0 saturated carbocycles. The molecule has 2 aromatic rings. The summed E-state index contributed by atoms with van der Waals surface area (Å²) in [5, 5.41) is -0.559. The van der Waals surface area contributed by atoms with E-state index in [0.29, 0.717) is 18.2 Å². The Balaban J connectivity index is 1.98. The van der Waals surface area contributed by atoms with Gasteiger partial charge in [-0.3, -0.25) is 0 Å². The highest BCUT2D eigenvalue weighted by molar-refractivity contribution is 7.89. The quantitative estimate of drug-likeness (QED) is 0.848. The van der Waals surface area contributed by atoms with Gasteiger partial charge in [-0.15, -0.1) is 0 Å². The summed E-state index contributed by atoms with van der Waals surface area (Å²) in [4.78, 5) is 7.37. The van der Waals surface area contributed by atoms with Gasteiger partial charge in [-0.25, -0.2) is 18.4 Å². The van der Waals surface area contributed by atoms with Crippen molar-refractivity contribution in [2.45, 2.75) is 24.0 Å². The predicted octanol–water partition coefficient (Wildman–Crippen LogP) is 2.48. The summed E-state index contributed by atoms with van der Waals surface area (Å²) in [7, 11) is -4.14. The van der Waals surface area contributed by atoms with Gasteiger partial charge in [0.15, 0.2) is 0 Å². The lowest BCUT2D eigenvalue weighted by molar-refractivity contribution is -0.137. The molecule has 0 fully saturated rings. The number of aromatic nitrogens is 2. The molecule has 134 valence electrons. The summed E-state index contributed by atoms with van der Waals surface area (Å²) >= 11 is 5.54. The van der Waals surface area contributed by atoms with Crippen molar-refractivity contribution in [1.82, 2.24) is 14.3 Å². The average molecular weight is 393 g/mol. The Kier molecular flexibility index (Phi) is 4.38. The van der Waals surface area contributed by atoms with Gasteiger partial charge < -0.3 is 5.73 Å². The molecule has 0 radical (unpaired) electrons. The molecule has 0 bridgehead atoms. The van der Waals surface area contributed by atoms with Gasteiger partial charge >= 0.3 is 6.18 Å². The highest BCUT2D eigenvalue weighted by atomic mass is 35.5. The van der Waals surface area contributed by atoms with Crippen LogP contribution in [0.3, 0.4) is 0 Å². The second-order valence-electron chi connectivity index (χ2n) is 5.43. The molecular weight excluding hydrogens is 381 g/mol. The maximum atomic E-state index is 13.0. The van der Waals surface area contributed by atoms with Crippen LogP contribution in [0.15, 0.2) is 29.3 Å². The van der Waals surface area contributed by atoms with Crippen LogP contribution in [-0.4, -0.2) is 29.2 Å². The molecule has 1 aliphatic rings. The van der Waals surface area contributed by atoms with E-state index < -0.39 is 31.7 Å². The number of hydrogen-bond acceptors (Lipinski definition) is 5.